The number of hydrogen-bond acceptors (Lipinski definition) is 5. The number of carbonyl (C=O) groups excluding carboxylic acids is 1. The highest BCUT2D eigenvalue weighted by Gasteiger charge is 2.35. The summed E-state index contributed by atoms with van der Waals surface area (Å²) in [5.74, 6) is -1.00. The number of ether oxygens (including phenoxy) is 2. The Morgan fingerprint density at radius 1 is 1.22 bits per heavy atom. The Kier molecular flexibility index (Phi) is 4.77. The number of carbonyl (C=O) groups is 2. The predicted molar refractivity (Wildman–Crippen MR) is 95.5 cm³/mol. The second-order valence-electron chi connectivity index (χ2n) is 6.75. The lowest BCUT2D eigenvalue weighted by Crippen LogP contribution is -2.48. The lowest BCUT2D eigenvalue weighted by molar-refractivity contribution is -0.142. The van der Waals surface area contributed by atoms with Crippen molar-refractivity contribution in [3.63, 3.8) is 0 Å². The van der Waals surface area contributed by atoms with Crippen LogP contribution in [0.25, 0.3) is 0 Å². The highest BCUT2D eigenvalue weighted by molar-refractivity contribution is 5.97. The fraction of sp³-hybridized carbons (Fsp3) is 0.350. The maximum Gasteiger partial charge on any atom is 0.326 e. The summed E-state index contributed by atoms with van der Waals surface area (Å²) >= 11 is 0. The van der Waals surface area contributed by atoms with Gasteiger partial charge in [0.05, 0.1) is 13.2 Å². The van der Waals surface area contributed by atoms with Crippen molar-refractivity contribution >= 4 is 11.9 Å². The maximum absolute atomic E-state index is 13.1. The SMILES string of the molecule is O=C(O)C1Cc2ccccc2CN1C(=O)c1ccnc(OC2CCOC2)c1. The van der Waals surface area contributed by atoms with Gasteiger partial charge in [0.25, 0.3) is 5.91 Å². The lowest BCUT2D eigenvalue weighted by atomic mass is 9.93. The van der Waals surface area contributed by atoms with Gasteiger partial charge in [-0.2, -0.15) is 0 Å². The molecule has 1 amide bonds. The topological polar surface area (TPSA) is 89.0 Å². The zero-order valence-corrected chi connectivity index (χ0v) is 14.7. The Bertz CT molecular complexity index is 863. The molecule has 2 atom stereocenters. The second-order valence-corrected chi connectivity index (χ2v) is 6.75. The fourth-order valence-electron chi connectivity index (χ4n) is 3.51. The van der Waals surface area contributed by atoms with Crippen molar-refractivity contribution in [3.8, 4) is 5.88 Å². The molecule has 1 saturated heterocycles. The minimum atomic E-state index is -1.01. The molecule has 0 saturated carbocycles. The van der Waals surface area contributed by atoms with Crippen LogP contribution in [0.2, 0.25) is 0 Å². The van der Waals surface area contributed by atoms with Gasteiger partial charge >= 0.3 is 5.97 Å². The summed E-state index contributed by atoms with van der Waals surface area (Å²) in [6, 6.07) is 9.87. The van der Waals surface area contributed by atoms with E-state index in [0.29, 0.717) is 31.1 Å². The van der Waals surface area contributed by atoms with E-state index in [0.717, 1.165) is 17.5 Å². The van der Waals surface area contributed by atoms with Crippen LogP contribution >= 0.6 is 0 Å². The van der Waals surface area contributed by atoms with Crippen molar-refractivity contribution in [1.82, 2.24) is 9.88 Å². The van der Waals surface area contributed by atoms with E-state index < -0.39 is 12.0 Å². The molecular weight excluding hydrogens is 348 g/mol. The van der Waals surface area contributed by atoms with Gasteiger partial charge in [-0.1, -0.05) is 24.3 Å². The van der Waals surface area contributed by atoms with E-state index in [1.54, 1.807) is 12.1 Å². The van der Waals surface area contributed by atoms with Crippen molar-refractivity contribution in [2.75, 3.05) is 13.2 Å². The number of rotatable bonds is 4. The molecule has 0 spiro atoms. The molecular formula is C20H20N2O5. The zero-order valence-electron chi connectivity index (χ0n) is 14.7. The first-order chi connectivity index (χ1) is 13.1. The Morgan fingerprint density at radius 2 is 2.04 bits per heavy atom. The molecule has 3 heterocycles. The normalized spacial score (nSPS) is 21.6. The number of carboxylic acids is 1. The van der Waals surface area contributed by atoms with Crippen molar-refractivity contribution < 1.29 is 24.2 Å². The van der Waals surface area contributed by atoms with Crippen LogP contribution < -0.4 is 4.74 Å². The van der Waals surface area contributed by atoms with E-state index in [2.05, 4.69) is 4.98 Å². The summed E-state index contributed by atoms with van der Waals surface area (Å²) in [5, 5.41) is 9.63. The summed E-state index contributed by atoms with van der Waals surface area (Å²) in [5.41, 5.74) is 2.30. The lowest BCUT2D eigenvalue weighted by Gasteiger charge is -2.34. The summed E-state index contributed by atoms with van der Waals surface area (Å²) in [6.45, 7) is 1.42. The van der Waals surface area contributed by atoms with Gasteiger partial charge in [-0.05, 0) is 17.2 Å². The van der Waals surface area contributed by atoms with Crippen molar-refractivity contribution in [3.05, 3.63) is 59.3 Å². The first-order valence-corrected chi connectivity index (χ1v) is 8.93. The van der Waals surface area contributed by atoms with Crippen LogP contribution in [0, 0.1) is 0 Å². The molecule has 1 fully saturated rings. The number of carboxylic acid groups (broad SMARTS) is 1. The van der Waals surface area contributed by atoms with Crippen LogP contribution in [0.4, 0.5) is 0 Å². The Morgan fingerprint density at radius 3 is 2.78 bits per heavy atom. The summed E-state index contributed by atoms with van der Waals surface area (Å²) in [7, 11) is 0. The van der Waals surface area contributed by atoms with Gasteiger partial charge < -0.3 is 19.5 Å². The number of pyridine rings is 1. The van der Waals surface area contributed by atoms with Crippen LogP contribution in [-0.2, 0) is 22.5 Å². The first-order valence-electron chi connectivity index (χ1n) is 8.93. The monoisotopic (exact) mass is 368 g/mol. The molecule has 0 aliphatic carbocycles. The first kappa shape index (κ1) is 17.5. The minimum Gasteiger partial charge on any atom is -0.480 e. The molecule has 1 aromatic carbocycles. The predicted octanol–water partition coefficient (Wildman–Crippen LogP) is 1.90. The fourth-order valence-corrected chi connectivity index (χ4v) is 3.51. The van der Waals surface area contributed by atoms with E-state index in [1.807, 2.05) is 24.3 Å². The number of benzene rings is 1. The average Bonchev–Trinajstić information content (AvgIpc) is 3.19. The third kappa shape index (κ3) is 3.64. The molecule has 1 N–H and O–H groups in total. The van der Waals surface area contributed by atoms with Crippen LogP contribution in [0.15, 0.2) is 42.6 Å². The molecule has 0 radical (unpaired) electrons. The summed E-state index contributed by atoms with van der Waals surface area (Å²) in [6.07, 6.45) is 2.51. The van der Waals surface area contributed by atoms with Gasteiger partial charge in [0.1, 0.15) is 12.1 Å². The standard InChI is InChI=1S/C20H20N2O5/c23-19(14-5-7-21-18(10-14)27-16-6-8-26-12-16)22-11-15-4-2-1-3-13(15)9-17(22)20(24)25/h1-5,7,10,16-17H,6,8-9,11-12H2,(H,24,25). The van der Waals surface area contributed by atoms with Gasteiger partial charge in [0.15, 0.2) is 0 Å². The number of amides is 1. The molecule has 7 heteroatoms. The summed E-state index contributed by atoms with van der Waals surface area (Å²) < 4.78 is 11.0. The number of hydrogen-bond donors (Lipinski definition) is 1. The Labute approximate surface area is 156 Å². The second kappa shape index (κ2) is 7.36. The highest BCUT2D eigenvalue weighted by Crippen LogP contribution is 2.26. The highest BCUT2D eigenvalue weighted by atomic mass is 16.5. The van der Waals surface area contributed by atoms with E-state index in [4.69, 9.17) is 9.47 Å². The van der Waals surface area contributed by atoms with Crippen molar-refractivity contribution in [1.29, 1.82) is 0 Å². The smallest absolute Gasteiger partial charge is 0.326 e. The molecule has 0 bridgehead atoms. The van der Waals surface area contributed by atoms with Gasteiger partial charge in [0, 0.05) is 37.2 Å². The van der Waals surface area contributed by atoms with Gasteiger partial charge in [0.2, 0.25) is 5.88 Å². The van der Waals surface area contributed by atoms with Crippen LogP contribution in [-0.4, -0.2) is 52.2 Å². The molecule has 4 rings (SSSR count). The largest absolute Gasteiger partial charge is 0.480 e. The van der Waals surface area contributed by atoms with E-state index in [1.165, 1.54) is 11.1 Å². The maximum atomic E-state index is 13.1. The number of nitrogens with zero attached hydrogens (tertiary/aromatic N) is 2. The zero-order chi connectivity index (χ0) is 18.8. The van der Waals surface area contributed by atoms with Crippen molar-refractivity contribution in [2.45, 2.75) is 31.5 Å². The third-order valence-electron chi connectivity index (χ3n) is 4.95. The van der Waals surface area contributed by atoms with E-state index in [9.17, 15) is 14.7 Å². The number of aliphatic carboxylic acids is 1. The third-order valence-corrected chi connectivity index (χ3v) is 4.95. The quantitative estimate of drug-likeness (QED) is 0.887. The Hall–Kier alpha value is -2.93. The molecule has 2 aliphatic rings. The molecule has 27 heavy (non-hydrogen) atoms. The van der Waals surface area contributed by atoms with Crippen LogP contribution in [0.5, 0.6) is 5.88 Å². The molecule has 140 valence electrons. The molecule has 2 unspecified atom stereocenters. The van der Waals surface area contributed by atoms with Crippen LogP contribution in [0.3, 0.4) is 0 Å². The number of fused-ring (bicyclic) bond motifs is 1. The molecule has 1 aromatic heterocycles. The van der Waals surface area contributed by atoms with Crippen molar-refractivity contribution in [2.24, 2.45) is 0 Å². The van der Waals surface area contributed by atoms with Crippen LogP contribution in [0.1, 0.15) is 27.9 Å². The average molecular weight is 368 g/mol. The van der Waals surface area contributed by atoms with E-state index in [-0.39, 0.29) is 18.6 Å². The number of aromatic nitrogens is 1. The van der Waals surface area contributed by atoms with Gasteiger partial charge in [-0.25, -0.2) is 9.78 Å². The van der Waals surface area contributed by atoms with E-state index >= 15 is 0 Å². The molecule has 2 aromatic rings. The Balaban J connectivity index is 1.58. The van der Waals surface area contributed by atoms with Gasteiger partial charge in [-0.3, -0.25) is 4.79 Å². The minimum absolute atomic E-state index is 0.0727. The molecule has 2 aliphatic heterocycles. The summed E-state index contributed by atoms with van der Waals surface area (Å²) in [4.78, 5) is 30.4. The van der Waals surface area contributed by atoms with Gasteiger partial charge in [-0.15, -0.1) is 0 Å². The molecule has 7 nitrogen and oxygen atoms in total.